The first kappa shape index (κ1) is 15.8. The van der Waals surface area contributed by atoms with Gasteiger partial charge in [-0.3, -0.25) is 0 Å². The van der Waals surface area contributed by atoms with Crippen LogP contribution in [-0.4, -0.2) is 12.7 Å². The third-order valence-corrected chi connectivity index (χ3v) is 4.61. The first-order valence-electron chi connectivity index (χ1n) is 6.50. The number of benzene rings is 1. The number of nitrogens with one attached hydrogen (secondary N) is 1. The van der Waals surface area contributed by atoms with E-state index in [4.69, 9.17) is 11.6 Å². The van der Waals surface area contributed by atoms with Crippen molar-refractivity contribution in [2.24, 2.45) is 5.41 Å². The fourth-order valence-corrected chi connectivity index (χ4v) is 3.56. The molecule has 0 heterocycles. The zero-order valence-electron chi connectivity index (χ0n) is 11.4. The molecule has 1 aromatic carbocycles. The number of ether oxygens (including phenoxy) is 1. The Bertz CT molecular complexity index is 496. The summed E-state index contributed by atoms with van der Waals surface area (Å²) in [6.45, 7) is 1.47. The quantitative estimate of drug-likeness (QED) is 0.736. The normalized spacial score (nSPS) is 21.2. The van der Waals surface area contributed by atoms with Crippen molar-refractivity contribution in [3.63, 3.8) is 0 Å². The zero-order chi connectivity index (χ0) is 14.9. The van der Waals surface area contributed by atoms with Gasteiger partial charge in [-0.15, -0.1) is 0 Å². The molecule has 6 heteroatoms. The minimum atomic E-state index is -2.87. The van der Waals surface area contributed by atoms with Crippen molar-refractivity contribution in [3.8, 4) is 5.75 Å². The second-order valence-corrected chi connectivity index (χ2v) is 7.01. The molecule has 0 aromatic heterocycles. The number of rotatable bonds is 4. The Morgan fingerprint density at radius 2 is 2.15 bits per heavy atom. The highest BCUT2D eigenvalue weighted by atomic mass is 79.9. The Balaban J connectivity index is 2.30. The lowest BCUT2D eigenvalue weighted by Crippen LogP contribution is -2.31. The fourth-order valence-electron chi connectivity index (χ4n) is 2.66. The minimum Gasteiger partial charge on any atom is -0.431 e. The Labute approximate surface area is 131 Å². The largest absolute Gasteiger partial charge is 0.431 e. The number of hydrogen-bond acceptors (Lipinski definition) is 2. The molecule has 1 N–H and O–H groups in total. The van der Waals surface area contributed by atoms with E-state index in [1.54, 1.807) is 12.1 Å². The summed E-state index contributed by atoms with van der Waals surface area (Å²) >= 11 is 9.22. The molecule has 0 aliphatic heterocycles. The first-order chi connectivity index (χ1) is 9.29. The molecule has 1 unspecified atom stereocenters. The highest BCUT2D eigenvalue weighted by Gasteiger charge is 2.35. The van der Waals surface area contributed by atoms with Crippen LogP contribution in [0, 0.1) is 5.41 Å². The van der Waals surface area contributed by atoms with E-state index in [0.717, 1.165) is 19.3 Å². The Hall–Kier alpha value is -0.550. The molecule has 1 aliphatic rings. The molecule has 1 saturated carbocycles. The maximum atomic E-state index is 12.5. The lowest BCUT2D eigenvalue weighted by atomic mass is 9.87. The zero-order valence-corrected chi connectivity index (χ0v) is 13.7. The van der Waals surface area contributed by atoms with E-state index < -0.39 is 6.61 Å². The van der Waals surface area contributed by atoms with Gasteiger partial charge in [0.25, 0.3) is 0 Å². The van der Waals surface area contributed by atoms with Crippen LogP contribution in [0.4, 0.5) is 14.5 Å². The average Bonchev–Trinajstić information content (AvgIpc) is 2.63. The van der Waals surface area contributed by atoms with Gasteiger partial charge in [-0.25, -0.2) is 0 Å². The van der Waals surface area contributed by atoms with Gasteiger partial charge >= 0.3 is 6.61 Å². The molecule has 0 saturated heterocycles. The van der Waals surface area contributed by atoms with E-state index in [9.17, 15) is 8.78 Å². The van der Waals surface area contributed by atoms with Crippen molar-refractivity contribution in [3.05, 3.63) is 21.6 Å². The fraction of sp³-hybridized carbons (Fsp3) is 0.571. The number of halogens is 4. The molecular formula is C14H17BrClF2NO. The molecule has 20 heavy (non-hydrogen) atoms. The number of anilines is 1. The monoisotopic (exact) mass is 367 g/mol. The maximum absolute atomic E-state index is 12.5. The smallest absolute Gasteiger partial charge is 0.387 e. The van der Waals surface area contributed by atoms with Crippen molar-refractivity contribution >= 4 is 33.2 Å². The Kier molecular flexibility index (Phi) is 4.80. The van der Waals surface area contributed by atoms with Gasteiger partial charge in [0.1, 0.15) is 0 Å². The standard InChI is InChI=1S/C14H17BrClF2NO/c1-14(2)5-3-4-11(14)19-10-7-8(16)6-9(15)12(10)20-13(17)18/h6-7,11,13,19H,3-5H2,1-2H3. The summed E-state index contributed by atoms with van der Waals surface area (Å²) in [5.41, 5.74) is 0.626. The molecule has 1 atom stereocenters. The van der Waals surface area contributed by atoms with Crippen LogP contribution in [0.1, 0.15) is 33.1 Å². The van der Waals surface area contributed by atoms with Gasteiger partial charge in [0.2, 0.25) is 0 Å². The minimum absolute atomic E-state index is 0.104. The molecule has 2 rings (SSSR count). The summed E-state index contributed by atoms with van der Waals surface area (Å²) in [4.78, 5) is 0. The number of hydrogen-bond donors (Lipinski definition) is 1. The summed E-state index contributed by atoms with van der Waals surface area (Å²) in [6, 6.07) is 3.38. The topological polar surface area (TPSA) is 21.3 Å². The molecule has 1 aromatic rings. The van der Waals surface area contributed by atoms with Gasteiger partial charge < -0.3 is 10.1 Å². The van der Waals surface area contributed by atoms with Crippen LogP contribution in [0.3, 0.4) is 0 Å². The molecule has 112 valence electrons. The summed E-state index contributed by atoms with van der Waals surface area (Å²) in [6.07, 6.45) is 3.24. The second kappa shape index (κ2) is 6.06. The average molecular weight is 369 g/mol. The molecule has 0 bridgehead atoms. The molecule has 2 nitrogen and oxygen atoms in total. The second-order valence-electron chi connectivity index (χ2n) is 5.72. The van der Waals surface area contributed by atoms with Gasteiger partial charge in [0, 0.05) is 11.1 Å². The van der Waals surface area contributed by atoms with Crippen LogP contribution >= 0.6 is 27.5 Å². The van der Waals surface area contributed by atoms with Crippen LogP contribution < -0.4 is 10.1 Å². The van der Waals surface area contributed by atoms with Gasteiger partial charge in [-0.05, 0) is 46.3 Å². The van der Waals surface area contributed by atoms with E-state index >= 15 is 0 Å². The summed E-state index contributed by atoms with van der Waals surface area (Å²) in [5, 5.41) is 3.78. The van der Waals surface area contributed by atoms with Crippen molar-refractivity contribution < 1.29 is 13.5 Å². The third-order valence-electron chi connectivity index (χ3n) is 3.80. The van der Waals surface area contributed by atoms with Crippen molar-refractivity contribution in [2.45, 2.75) is 45.8 Å². The number of alkyl halides is 2. The van der Waals surface area contributed by atoms with E-state index in [-0.39, 0.29) is 17.2 Å². The predicted molar refractivity (Wildman–Crippen MR) is 80.8 cm³/mol. The van der Waals surface area contributed by atoms with Gasteiger partial charge in [-0.1, -0.05) is 31.9 Å². The lowest BCUT2D eigenvalue weighted by Gasteiger charge is -2.29. The van der Waals surface area contributed by atoms with Crippen LogP contribution in [0.5, 0.6) is 5.75 Å². The summed E-state index contributed by atoms with van der Waals surface area (Å²) in [7, 11) is 0. The van der Waals surface area contributed by atoms with E-state index in [2.05, 4.69) is 39.8 Å². The lowest BCUT2D eigenvalue weighted by molar-refractivity contribution is -0.0499. The maximum Gasteiger partial charge on any atom is 0.387 e. The van der Waals surface area contributed by atoms with Crippen molar-refractivity contribution in [1.82, 2.24) is 0 Å². The van der Waals surface area contributed by atoms with Crippen molar-refractivity contribution in [1.29, 1.82) is 0 Å². The van der Waals surface area contributed by atoms with Gasteiger partial charge in [0.05, 0.1) is 10.2 Å². The SMILES string of the molecule is CC1(C)CCCC1Nc1cc(Cl)cc(Br)c1OC(F)F. The van der Waals surface area contributed by atoms with Crippen molar-refractivity contribution in [2.75, 3.05) is 5.32 Å². The predicted octanol–water partition coefficient (Wildman–Crippen LogP) is 5.69. The third kappa shape index (κ3) is 3.55. The van der Waals surface area contributed by atoms with Crippen LogP contribution in [0.15, 0.2) is 16.6 Å². The molecule has 0 amide bonds. The van der Waals surface area contributed by atoms with Gasteiger partial charge in [0.15, 0.2) is 5.75 Å². The van der Waals surface area contributed by atoms with E-state index in [0.29, 0.717) is 15.2 Å². The van der Waals surface area contributed by atoms with Crippen LogP contribution in [0.2, 0.25) is 5.02 Å². The molecule has 0 radical (unpaired) electrons. The van der Waals surface area contributed by atoms with Crippen LogP contribution in [0.25, 0.3) is 0 Å². The molecular weight excluding hydrogens is 352 g/mol. The Morgan fingerprint density at radius 1 is 1.45 bits per heavy atom. The van der Waals surface area contributed by atoms with Gasteiger partial charge in [-0.2, -0.15) is 8.78 Å². The summed E-state index contributed by atoms with van der Waals surface area (Å²) in [5.74, 6) is 0.104. The molecule has 1 aliphatic carbocycles. The van der Waals surface area contributed by atoms with E-state index in [1.165, 1.54) is 0 Å². The first-order valence-corrected chi connectivity index (χ1v) is 7.67. The highest BCUT2D eigenvalue weighted by Crippen LogP contribution is 2.43. The Morgan fingerprint density at radius 3 is 2.70 bits per heavy atom. The highest BCUT2D eigenvalue weighted by molar-refractivity contribution is 9.10. The molecule has 0 spiro atoms. The molecule has 1 fully saturated rings. The summed E-state index contributed by atoms with van der Waals surface area (Å²) < 4.78 is 30.1. The van der Waals surface area contributed by atoms with Crippen LogP contribution in [-0.2, 0) is 0 Å². The van der Waals surface area contributed by atoms with E-state index in [1.807, 2.05) is 0 Å².